The van der Waals surface area contributed by atoms with Gasteiger partial charge in [0.15, 0.2) is 6.10 Å². The predicted octanol–water partition coefficient (Wildman–Crippen LogP) is 8.91. The molecule has 0 aromatic rings. The average Bonchev–Trinajstić information content (AvgIpc) is 3.82. The van der Waals surface area contributed by atoms with Gasteiger partial charge in [0.25, 0.3) is 0 Å². The van der Waals surface area contributed by atoms with Gasteiger partial charge in [0.1, 0.15) is 18.8 Å². The summed E-state index contributed by atoms with van der Waals surface area (Å²) < 4.78 is 32.8. The SMILES string of the molecule is CC/C=C\CC(O)/C=C/C1C2CC(OO2)C1C/C=C\CCCC(=O)OC(COC(=O)CCCCCCCCCCCCCCCCC)COP(=O)(O)OCC(O)CO. The summed E-state index contributed by atoms with van der Waals surface area (Å²) in [6.45, 7) is 2.04. The van der Waals surface area contributed by atoms with Gasteiger partial charge in [-0.05, 0) is 38.5 Å². The Bertz CT molecular complexity index is 1210. The molecule has 4 N–H and O–H groups in total. The molecule has 0 aromatic heterocycles. The minimum atomic E-state index is -4.67. The van der Waals surface area contributed by atoms with Gasteiger partial charge in [-0.2, -0.15) is 0 Å². The van der Waals surface area contributed by atoms with Gasteiger partial charge in [0, 0.05) is 31.1 Å². The van der Waals surface area contributed by atoms with Crippen molar-refractivity contribution in [3.63, 3.8) is 0 Å². The molecule has 1 heterocycles. The second-order valence-corrected chi connectivity index (χ2v) is 17.3. The highest BCUT2D eigenvalue weighted by Crippen LogP contribution is 2.45. The lowest BCUT2D eigenvalue weighted by atomic mass is 9.89. The van der Waals surface area contributed by atoms with Crippen LogP contribution in [0.2, 0.25) is 0 Å². The van der Waals surface area contributed by atoms with Crippen LogP contribution in [0.4, 0.5) is 0 Å². The third kappa shape index (κ3) is 25.0. The number of hydrogen-bond donors (Lipinski definition) is 4. The first-order valence-corrected chi connectivity index (χ1v) is 23.8. The maximum Gasteiger partial charge on any atom is 0.472 e. The first-order valence-electron chi connectivity index (χ1n) is 22.3. The summed E-state index contributed by atoms with van der Waals surface area (Å²) in [6.07, 6.45) is 31.6. The number of aliphatic hydroxyl groups is 3. The Kier molecular flexibility index (Phi) is 29.5. The van der Waals surface area contributed by atoms with Crippen molar-refractivity contribution >= 4 is 19.8 Å². The number of allylic oxidation sites excluding steroid dienone is 3. The van der Waals surface area contributed by atoms with Crippen LogP contribution in [0.3, 0.4) is 0 Å². The molecule has 8 atom stereocenters. The summed E-state index contributed by atoms with van der Waals surface area (Å²) in [6, 6.07) is 0. The molecule has 336 valence electrons. The highest BCUT2D eigenvalue weighted by Gasteiger charge is 2.49. The number of phosphoric acid groups is 1. The Labute approximate surface area is 348 Å². The van der Waals surface area contributed by atoms with Crippen molar-refractivity contribution < 1.29 is 62.7 Å². The highest BCUT2D eigenvalue weighted by atomic mass is 31.2. The number of carbonyl (C=O) groups excluding carboxylic acids is 2. The fourth-order valence-electron chi connectivity index (χ4n) is 7.20. The second-order valence-electron chi connectivity index (χ2n) is 15.8. The van der Waals surface area contributed by atoms with Gasteiger partial charge in [-0.1, -0.05) is 140 Å². The number of aliphatic hydroxyl groups excluding tert-OH is 3. The Morgan fingerprint density at radius 1 is 0.741 bits per heavy atom. The Balaban J connectivity index is 1.70. The van der Waals surface area contributed by atoms with Crippen molar-refractivity contribution in [1.29, 1.82) is 0 Å². The summed E-state index contributed by atoms with van der Waals surface area (Å²) in [5, 5.41) is 28.7. The number of unbranched alkanes of at least 4 members (excludes halogenated alkanes) is 15. The normalized spacial score (nSPS) is 21.9. The van der Waals surface area contributed by atoms with E-state index in [0.717, 1.165) is 38.5 Å². The van der Waals surface area contributed by atoms with E-state index in [1.165, 1.54) is 70.6 Å². The zero-order chi connectivity index (χ0) is 42.3. The van der Waals surface area contributed by atoms with Crippen LogP contribution in [0, 0.1) is 11.8 Å². The standard InChI is InChI=1S/C44H77O13P/c1-3-5-7-8-9-10-11-12-13-14-15-16-17-18-23-27-43(48)52-34-38(35-54-58(50,51)53-33-37(47)32-45)55-44(49)28-24-20-19-22-26-39-40(42-31-41(39)56-57-42)30-29-36(46)25-21-6-4-2/h6,19,21-22,29-30,36-42,45-47H,3-5,7-18,20,23-28,31-35H2,1-2H3,(H,50,51)/b21-6-,22-19-,30-29+. The Hall–Kier alpha value is -1.93. The number of esters is 2. The lowest BCUT2D eigenvalue weighted by Crippen LogP contribution is -2.29. The van der Waals surface area contributed by atoms with Crippen LogP contribution in [0.5, 0.6) is 0 Å². The van der Waals surface area contributed by atoms with Crippen LogP contribution in [0.15, 0.2) is 36.5 Å². The van der Waals surface area contributed by atoms with E-state index in [9.17, 15) is 29.3 Å². The van der Waals surface area contributed by atoms with Crippen molar-refractivity contribution in [3.05, 3.63) is 36.5 Å². The first-order chi connectivity index (χ1) is 28.1. The molecule has 13 nitrogen and oxygen atoms in total. The van der Waals surface area contributed by atoms with Crippen LogP contribution >= 0.6 is 7.82 Å². The molecule has 8 unspecified atom stereocenters. The van der Waals surface area contributed by atoms with E-state index >= 15 is 0 Å². The van der Waals surface area contributed by atoms with E-state index in [4.69, 9.17) is 33.4 Å². The van der Waals surface area contributed by atoms with E-state index in [-0.39, 0.29) is 43.5 Å². The van der Waals surface area contributed by atoms with Gasteiger partial charge < -0.3 is 29.7 Å². The van der Waals surface area contributed by atoms with E-state index in [2.05, 4.69) is 19.9 Å². The van der Waals surface area contributed by atoms with Gasteiger partial charge in [0.05, 0.1) is 32.0 Å². The number of hydrogen-bond acceptors (Lipinski definition) is 12. The van der Waals surface area contributed by atoms with Crippen molar-refractivity contribution in [2.24, 2.45) is 11.8 Å². The smallest absolute Gasteiger partial charge is 0.462 e. The molecule has 2 aliphatic rings. The van der Waals surface area contributed by atoms with Gasteiger partial charge in [0.2, 0.25) is 0 Å². The number of ether oxygens (including phenoxy) is 2. The molecule has 2 rings (SSSR count). The number of phosphoric ester groups is 1. The summed E-state index contributed by atoms with van der Waals surface area (Å²) in [7, 11) is -4.67. The lowest BCUT2D eigenvalue weighted by molar-refractivity contribution is -0.336. The van der Waals surface area contributed by atoms with E-state index in [1.54, 1.807) is 0 Å². The zero-order valence-electron chi connectivity index (χ0n) is 35.5. The fourth-order valence-corrected chi connectivity index (χ4v) is 7.99. The van der Waals surface area contributed by atoms with Crippen LogP contribution < -0.4 is 0 Å². The van der Waals surface area contributed by atoms with E-state index in [1.807, 2.05) is 30.4 Å². The van der Waals surface area contributed by atoms with Crippen LogP contribution in [0.1, 0.15) is 162 Å². The largest absolute Gasteiger partial charge is 0.472 e. The van der Waals surface area contributed by atoms with Gasteiger partial charge >= 0.3 is 19.8 Å². The maximum absolute atomic E-state index is 12.8. The highest BCUT2D eigenvalue weighted by molar-refractivity contribution is 7.47. The molecular weight excluding hydrogens is 767 g/mol. The van der Waals surface area contributed by atoms with Gasteiger partial charge in [-0.25, -0.2) is 14.3 Å². The summed E-state index contributed by atoms with van der Waals surface area (Å²) in [5.41, 5.74) is 0. The molecule has 0 aromatic carbocycles. The molecule has 14 heteroatoms. The molecule has 2 bridgehead atoms. The predicted molar refractivity (Wildman–Crippen MR) is 223 cm³/mol. The molecule has 1 aliphatic heterocycles. The maximum atomic E-state index is 12.8. The second kappa shape index (κ2) is 32.8. The van der Waals surface area contributed by atoms with Crippen molar-refractivity contribution in [3.8, 4) is 0 Å². The lowest BCUT2D eigenvalue weighted by Gasteiger charge is -2.27. The fraction of sp³-hybridized carbons (Fsp3) is 0.818. The summed E-state index contributed by atoms with van der Waals surface area (Å²) in [5.74, 6) is -0.683. The molecule has 0 amide bonds. The Morgan fingerprint density at radius 3 is 1.98 bits per heavy atom. The monoisotopic (exact) mass is 845 g/mol. The average molecular weight is 845 g/mol. The topological polar surface area (TPSA) is 188 Å². The molecular formula is C44H77O13P. The Morgan fingerprint density at radius 2 is 1.34 bits per heavy atom. The van der Waals surface area contributed by atoms with Crippen LogP contribution in [0.25, 0.3) is 0 Å². The van der Waals surface area contributed by atoms with E-state index < -0.39 is 57.9 Å². The summed E-state index contributed by atoms with van der Waals surface area (Å²) in [4.78, 5) is 46.2. The molecule has 1 aliphatic carbocycles. The molecule has 0 radical (unpaired) electrons. The zero-order valence-corrected chi connectivity index (χ0v) is 36.4. The van der Waals surface area contributed by atoms with Gasteiger partial charge in [-0.3, -0.25) is 18.6 Å². The third-order valence-electron chi connectivity index (χ3n) is 10.6. The first kappa shape index (κ1) is 52.2. The van der Waals surface area contributed by atoms with Crippen LogP contribution in [-0.2, 0) is 42.5 Å². The van der Waals surface area contributed by atoms with Crippen molar-refractivity contribution in [2.75, 3.05) is 26.4 Å². The summed E-state index contributed by atoms with van der Waals surface area (Å²) >= 11 is 0. The van der Waals surface area contributed by atoms with E-state index in [0.29, 0.717) is 25.7 Å². The minimum Gasteiger partial charge on any atom is -0.462 e. The number of rotatable bonds is 37. The molecule has 2 fully saturated rings. The quantitative estimate of drug-likeness (QED) is 0.0153. The molecule has 1 saturated carbocycles. The third-order valence-corrected chi connectivity index (χ3v) is 11.6. The molecule has 1 saturated heterocycles. The number of carbonyl (C=O) groups is 2. The van der Waals surface area contributed by atoms with Crippen molar-refractivity contribution in [1.82, 2.24) is 0 Å². The van der Waals surface area contributed by atoms with Crippen molar-refractivity contribution in [2.45, 2.75) is 192 Å². The van der Waals surface area contributed by atoms with Crippen LogP contribution in [-0.4, -0.2) is 89.1 Å². The molecule has 0 spiro atoms. The minimum absolute atomic E-state index is 0.00639. The van der Waals surface area contributed by atoms with Gasteiger partial charge in [-0.15, -0.1) is 0 Å². The number of fused-ring (bicyclic) bond motifs is 2. The molecule has 58 heavy (non-hydrogen) atoms.